The maximum absolute atomic E-state index is 11.8. The molecule has 4 aliphatic carbocycles. The van der Waals surface area contributed by atoms with Gasteiger partial charge in [0.2, 0.25) is 0 Å². The molecule has 2 aromatic heterocycles. The van der Waals surface area contributed by atoms with Crippen LogP contribution in [-0.4, -0.2) is 21.1 Å². The lowest BCUT2D eigenvalue weighted by molar-refractivity contribution is -0.115. The van der Waals surface area contributed by atoms with Gasteiger partial charge in [0.15, 0.2) is 12.0 Å². The number of pyridine rings is 1. The number of amides is 2. The van der Waals surface area contributed by atoms with E-state index in [0.717, 1.165) is 57.4 Å². The van der Waals surface area contributed by atoms with Crippen molar-refractivity contribution in [3.8, 4) is 11.3 Å². The fourth-order valence-corrected chi connectivity index (χ4v) is 7.87. The standard InChI is InChI=1S/C26H23N3O3S/c30-24-22(33-25(31)29-24)6-14-1-2-20(27-12-14)18-7-19(23-21(8-18)28-13-32-23)26-9-15-3-16(10-26)5-17(4-15)11-26/h1-2,6-8,12-13,15-17H,3-5,9-11H2,(H,29,30,31)/b22-6+. The van der Waals surface area contributed by atoms with Gasteiger partial charge >= 0.3 is 0 Å². The van der Waals surface area contributed by atoms with Gasteiger partial charge in [0.1, 0.15) is 5.52 Å². The molecule has 5 aliphatic rings. The van der Waals surface area contributed by atoms with Crippen LogP contribution < -0.4 is 5.32 Å². The number of aromatic nitrogens is 2. The molecule has 6 nitrogen and oxygen atoms in total. The Hall–Kier alpha value is -2.93. The van der Waals surface area contributed by atoms with E-state index in [1.807, 2.05) is 12.1 Å². The number of oxazole rings is 1. The summed E-state index contributed by atoms with van der Waals surface area (Å²) in [6.45, 7) is 0. The lowest BCUT2D eigenvalue weighted by atomic mass is 9.48. The molecule has 1 aliphatic heterocycles. The molecule has 8 rings (SSSR count). The van der Waals surface area contributed by atoms with Crippen LogP contribution in [-0.2, 0) is 10.2 Å². The number of imide groups is 1. The van der Waals surface area contributed by atoms with E-state index < -0.39 is 0 Å². The van der Waals surface area contributed by atoms with Crippen molar-refractivity contribution in [1.29, 1.82) is 0 Å². The maximum Gasteiger partial charge on any atom is 0.290 e. The van der Waals surface area contributed by atoms with Crippen molar-refractivity contribution in [1.82, 2.24) is 15.3 Å². The minimum atomic E-state index is -0.356. The number of hydrogen-bond acceptors (Lipinski definition) is 6. The van der Waals surface area contributed by atoms with E-state index in [1.54, 1.807) is 18.7 Å². The Balaban J connectivity index is 1.27. The summed E-state index contributed by atoms with van der Waals surface area (Å²) < 4.78 is 5.93. The highest BCUT2D eigenvalue weighted by Gasteiger charge is 2.52. The van der Waals surface area contributed by atoms with Crippen LogP contribution in [0, 0.1) is 17.8 Å². The summed E-state index contributed by atoms with van der Waals surface area (Å²) >= 11 is 0.916. The largest absolute Gasteiger partial charge is 0.443 e. The Bertz CT molecular complexity index is 1310. The fourth-order valence-electron chi connectivity index (χ4n) is 7.19. The monoisotopic (exact) mass is 457 g/mol. The highest BCUT2D eigenvalue weighted by atomic mass is 32.2. The van der Waals surface area contributed by atoms with Crippen molar-refractivity contribution in [3.05, 3.63) is 52.9 Å². The van der Waals surface area contributed by atoms with Gasteiger partial charge in [0, 0.05) is 17.3 Å². The molecule has 1 aromatic carbocycles. The number of nitrogens with zero attached hydrogens (tertiary/aromatic N) is 2. The number of benzene rings is 1. The Labute approximate surface area is 195 Å². The molecule has 2 amide bonds. The zero-order valence-electron chi connectivity index (χ0n) is 18.0. The van der Waals surface area contributed by atoms with E-state index in [9.17, 15) is 9.59 Å². The molecule has 1 saturated heterocycles. The van der Waals surface area contributed by atoms with Gasteiger partial charge in [-0.2, -0.15) is 0 Å². The first-order valence-corrected chi connectivity index (χ1v) is 12.5. The second-order valence-corrected chi connectivity index (χ2v) is 11.3. The maximum atomic E-state index is 11.8. The molecular formula is C26H23N3O3S. The first-order valence-electron chi connectivity index (χ1n) is 11.6. The van der Waals surface area contributed by atoms with E-state index in [0.29, 0.717) is 4.91 Å². The van der Waals surface area contributed by atoms with Crippen molar-refractivity contribution in [2.24, 2.45) is 17.8 Å². The minimum Gasteiger partial charge on any atom is -0.443 e. The first kappa shape index (κ1) is 19.5. The van der Waals surface area contributed by atoms with Gasteiger partial charge in [-0.1, -0.05) is 6.07 Å². The van der Waals surface area contributed by atoms with Crippen molar-refractivity contribution in [2.45, 2.75) is 43.9 Å². The van der Waals surface area contributed by atoms with Gasteiger partial charge in [0.25, 0.3) is 11.1 Å². The summed E-state index contributed by atoms with van der Waals surface area (Å²) in [4.78, 5) is 32.8. The molecule has 33 heavy (non-hydrogen) atoms. The van der Waals surface area contributed by atoms with Crippen LogP contribution in [0.3, 0.4) is 0 Å². The number of carbonyl (C=O) groups is 2. The lowest BCUT2D eigenvalue weighted by Crippen LogP contribution is -2.48. The molecule has 1 N–H and O–H groups in total. The summed E-state index contributed by atoms with van der Waals surface area (Å²) in [6, 6.07) is 8.25. The number of thioether (sulfide) groups is 1. The molecule has 3 aromatic rings. The van der Waals surface area contributed by atoms with E-state index in [4.69, 9.17) is 4.42 Å². The zero-order valence-corrected chi connectivity index (χ0v) is 18.9. The average Bonchev–Trinajstić information content (AvgIpc) is 3.38. The summed E-state index contributed by atoms with van der Waals surface area (Å²) in [5.41, 5.74) is 6.05. The summed E-state index contributed by atoms with van der Waals surface area (Å²) in [5, 5.41) is 1.94. The van der Waals surface area contributed by atoms with Gasteiger partial charge in [-0.3, -0.25) is 19.9 Å². The molecule has 0 atom stereocenters. The van der Waals surface area contributed by atoms with Gasteiger partial charge in [-0.25, -0.2) is 4.98 Å². The SMILES string of the molecule is O=C1NC(=O)/C(=C\c2ccc(-c3cc(C45CC6CC(CC(C6)C4)C5)c4ocnc4c3)nc2)S1. The van der Waals surface area contributed by atoms with Gasteiger partial charge in [-0.15, -0.1) is 0 Å². The highest BCUT2D eigenvalue weighted by Crippen LogP contribution is 2.61. The average molecular weight is 458 g/mol. The van der Waals surface area contributed by atoms with Crippen molar-refractivity contribution >= 4 is 40.1 Å². The molecule has 3 heterocycles. The third-order valence-electron chi connectivity index (χ3n) is 8.06. The second kappa shape index (κ2) is 7.03. The molecule has 7 heteroatoms. The first-order chi connectivity index (χ1) is 16.0. The van der Waals surface area contributed by atoms with E-state index in [2.05, 4.69) is 27.4 Å². The summed E-state index contributed by atoms with van der Waals surface area (Å²) in [5.74, 6) is 2.19. The van der Waals surface area contributed by atoms with Crippen molar-refractivity contribution in [2.75, 3.05) is 0 Å². The molecular weight excluding hydrogens is 434 g/mol. The van der Waals surface area contributed by atoms with Crippen LogP contribution in [0.1, 0.15) is 49.7 Å². The third kappa shape index (κ3) is 3.16. The molecule has 0 radical (unpaired) electrons. The quantitative estimate of drug-likeness (QED) is 0.509. The van der Waals surface area contributed by atoms with Crippen LogP contribution in [0.5, 0.6) is 0 Å². The number of hydrogen-bond donors (Lipinski definition) is 1. The molecule has 166 valence electrons. The van der Waals surface area contributed by atoms with E-state index in [-0.39, 0.29) is 16.6 Å². The minimum absolute atomic E-state index is 0.201. The Morgan fingerprint density at radius 1 is 1.03 bits per heavy atom. The number of fused-ring (bicyclic) bond motifs is 1. The third-order valence-corrected chi connectivity index (χ3v) is 8.87. The second-order valence-electron chi connectivity index (χ2n) is 10.3. The van der Waals surface area contributed by atoms with Gasteiger partial charge in [0.05, 0.1) is 10.6 Å². The fraction of sp³-hybridized carbons (Fsp3) is 0.385. The van der Waals surface area contributed by atoms with E-state index >= 15 is 0 Å². The number of carbonyl (C=O) groups excluding carboxylic acids is 2. The van der Waals surface area contributed by atoms with E-state index in [1.165, 1.54) is 44.1 Å². The van der Waals surface area contributed by atoms with Gasteiger partial charge < -0.3 is 4.42 Å². The smallest absolute Gasteiger partial charge is 0.290 e. The van der Waals surface area contributed by atoms with Gasteiger partial charge in [-0.05, 0) is 103 Å². The molecule has 0 spiro atoms. The lowest BCUT2D eigenvalue weighted by Gasteiger charge is -2.57. The molecule has 4 saturated carbocycles. The van der Waals surface area contributed by atoms with Crippen LogP contribution in [0.4, 0.5) is 4.79 Å². The topological polar surface area (TPSA) is 85.1 Å². The van der Waals surface area contributed by atoms with Crippen molar-refractivity contribution in [3.63, 3.8) is 0 Å². The van der Waals surface area contributed by atoms with Crippen LogP contribution in [0.15, 0.2) is 46.2 Å². The molecule has 0 unspecified atom stereocenters. The van der Waals surface area contributed by atoms with Crippen LogP contribution in [0.25, 0.3) is 28.4 Å². The van der Waals surface area contributed by atoms with Crippen molar-refractivity contribution < 1.29 is 14.0 Å². The number of rotatable bonds is 3. The van der Waals surface area contributed by atoms with Crippen LogP contribution >= 0.6 is 11.8 Å². The predicted molar refractivity (Wildman–Crippen MR) is 126 cm³/mol. The normalized spacial score (nSPS) is 31.6. The Morgan fingerprint density at radius 2 is 1.79 bits per heavy atom. The predicted octanol–water partition coefficient (Wildman–Crippen LogP) is 5.68. The Kier molecular flexibility index (Phi) is 4.16. The highest BCUT2D eigenvalue weighted by molar-refractivity contribution is 8.18. The summed E-state index contributed by atoms with van der Waals surface area (Å²) in [6.07, 6.45) is 13.0. The Morgan fingerprint density at radius 3 is 2.42 bits per heavy atom. The van der Waals surface area contributed by atoms with Crippen LogP contribution in [0.2, 0.25) is 0 Å². The zero-order chi connectivity index (χ0) is 22.2. The summed E-state index contributed by atoms with van der Waals surface area (Å²) in [7, 11) is 0. The number of nitrogens with one attached hydrogen (secondary N) is 1. The molecule has 5 fully saturated rings. The molecule has 4 bridgehead atoms.